The summed E-state index contributed by atoms with van der Waals surface area (Å²) in [6.45, 7) is 1.93. The van der Waals surface area contributed by atoms with Crippen LogP contribution in [0.3, 0.4) is 0 Å². The fourth-order valence-electron chi connectivity index (χ4n) is 0.846. The Morgan fingerprint density at radius 3 is 2.25 bits per heavy atom. The zero-order valence-corrected chi connectivity index (χ0v) is 10.2. The summed E-state index contributed by atoms with van der Waals surface area (Å²) in [6.07, 6.45) is 1.38. The van der Waals surface area contributed by atoms with Crippen LogP contribution in [0, 0.1) is 0 Å². The molecule has 0 aromatic rings. The maximum absolute atomic E-state index is 11.1. The number of rotatable bonds is 4. The van der Waals surface area contributed by atoms with Gasteiger partial charge in [0.1, 0.15) is 0 Å². The Morgan fingerprint density at radius 1 is 1.50 bits per heavy atom. The van der Waals surface area contributed by atoms with Gasteiger partial charge >= 0.3 is 12.0 Å². The Morgan fingerprint density at radius 2 is 2.00 bits per heavy atom. The molecule has 0 saturated heterocycles. The summed E-state index contributed by atoms with van der Waals surface area (Å²) in [4.78, 5) is 11.1. The first kappa shape index (κ1) is 12.6. The summed E-state index contributed by atoms with van der Waals surface area (Å²) in [5, 5.41) is 0. The number of hydrogen-bond donors (Lipinski definition) is 0. The van der Waals surface area contributed by atoms with Crippen molar-refractivity contribution in [1.29, 1.82) is 0 Å². The number of ether oxygens (including phenoxy) is 1. The van der Waals surface area contributed by atoms with Crippen molar-refractivity contribution in [2.75, 3.05) is 7.11 Å². The van der Waals surface area contributed by atoms with Crippen LogP contribution in [-0.4, -0.2) is 19.1 Å². The monoisotopic (exact) mass is 248 g/mol. The molecule has 0 saturated carbocycles. The van der Waals surface area contributed by atoms with Crippen molar-refractivity contribution >= 4 is 45.2 Å². The van der Waals surface area contributed by atoms with E-state index in [1.165, 1.54) is 7.11 Å². The third-order valence-electron chi connectivity index (χ3n) is 1.46. The van der Waals surface area contributed by atoms with Gasteiger partial charge in [0, 0.05) is 0 Å². The predicted molar refractivity (Wildman–Crippen MR) is 54.0 cm³/mol. The van der Waals surface area contributed by atoms with Crippen molar-refractivity contribution in [3.63, 3.8) is 0 Å². The van der Waals surface area contributed by atoms with Crippen molar-refractivity contribution in [3.8, 4) is 0 Å². The van der Waals surface area contributed by atoms with E-state index >= 15 is 0 Å². The summed E-state index contributed by atoms with van der Waals surface area (Å²) in [7, 11) is 1.30. The van der Waals surface area contributed by atoms with E-state index in [1.54, 1.807) is 0 Å². The van der Waals surface area contributed by atoms with Crippen LogP contribution in [0.5, 0.6) is 0 Å². The van der Waals surface area contributed by atoms with Gasteiger partial charge < -0.3 is 4.74 Å². The average Bonchev–Trinajstić information content (AvgIpc) is 1.96. The van der Waals surface area contributed by atoms with E-state index < -0.39 is 17.5 Å². The van der Waals surface area contributed by atoms with Crippen molar-refractivity contribution in [2.24, 2.45) is 0 Å². The molecule has 0 N–H and O–H groups in total. The minimum absolute atomic E-state index is 0.413. The van der Waals surface area contributed by atoms with Crippen LogP contribution in [0.15, 0.2) is 0 Å². The Kier molecular flexibility index (Phi) is 5.57. The molecule has 0 aliphatic heterocycles. The van der Waals surface area contributed by atoms with Crippen LogP contribution in [-0.2, 0) is 9.53 Å². The molecular weight excluding hydrogens is 239 g/mol. The zero-order chi connectivity index (χ0) is 9.78. The predicted octanol–water partition coefficient (Wildman–Crippen LogP) is 2.99. The Hall–Kier alpha value is 0.557. The Bertz CT molecular complexity index is 157. The first-order valence-corrected chi connectivity index (χ1v) is 8.69. The fourth-order valence-corrected chi connectivity index (χ4v) is 3.63. The number of carbonyl (C=O) groups is 1. The minimum Gasteiger partial charge on any atom is -0.469 e. The molecule has 0 heterocycles. The van der Waals surface area contributed by atoms with Crippen LogP contribution in [0.25, 0.3) is 0 Å². The molecule has 0 fully saturated rings. The SMILES string of the molecule is CCCC(C(=O)OC)[Si](Cl)(Cl)Cl. The summed E-state index contributed by atoms with van der Waals surface area (Å²) in [5.74, 6) is -0.413. The van der Waals surface area contributed by atoms with Crippen LogP contribution in [0.2, 0.25) is 5.54 Å². The first-order valence-electron chi connectivity index (χ1n) is 3.58. The molecule has 12 heavy (non-hydrogen) atoms. The molecule has 1 atom stereocenters. The molecule has 0 aliphatic carbocycles. The van der Waals surface area contributed by atoms with Crippen LogP contribution in [0.1, 0.15) is 19.8 Å². The van der Waals surface area contributed by atoms with E-state index in [2.05, 4.69) is 4.74 Å². The van der Waals surface area contributed by atoms with Gasteiger partial charge in [0.15, 0.2) is 0 Å². The molecule has 1 unspecified atom stereocenters. The second-order valence-corrected chi connectivity index (χ2v) is 11.3. The van der Waals surface area contributed by atoms with Gasteiger partial charge in [-0.25, -0.2) is 0 Å². The van der Waals surface area contributed by atoms with Gasteiger partial charge in [-0.15, -0.1) is 33.2 Å². The zero-order valence-electron chi connectivity index (χ0n) is 6.94. The molecule has 0 aromatic carbocycles. The molecule has 6 heteroatoms. The van der Waals surface area contributed by atoms with E-state index in [0.29, 0.717) is 6.42 Å². The summed E-state index contributed by atoms with van der Waals surface area (Å²) in [6, 6.07) is -2.95. The average molecular weight is 250 g/mol. The van der Waals surface area contributed by atoms with Gasteiger partial charge in [-0.1, -0.05) is 13.3 Å². The molecular formula is C6H11Cl3O2Si. The highest BCUT2D eigenvalue weighted by Gasteiger charge is 2.42. The molecule has 0 aliphatic rings. The topological polar surface area (TPSA) is 26.3 Å². The van der Waals surface area contributed by atoms with Crippen molar-refractivity contribution in [3.05, 3.63) is 0 Å². The summed E-state index contributed by atoms with van der Waals surface area (Å²) < 4.78 is 4.53. The number of methoxy groups -OCH3 is 1. The van der Waals surface area contributed by atoms with E-state index in [4.69, 9.17) is 33.2 Å². The highest BCUT2D eigenvalue weighted by molar-refractivity contribution is 7.65. The molecule has 0 radical (unpaired) electrons. The molecule has 0 aromatic heterocycles. The van der Waals surface area contributed by atoms with Gasteiger partial charge in [-0.2, -0.15) is 0 Å². The minimum atomic E-state index is -2.95. The van der Waals surface area contributed by atoms with E-state index in [9.17, 15) is 4.79 Å². The standard InChI is InChI=1S/C6H11Cl3O2Si/c1-3-4-5(6(10)11-2)12(7,8)9/h5H,3-4H2,1-2H3. The van der Waals surface area contributed by atoms with E-state index in [-0.39, 0.29) is 0 Å². The van der Waals surface area contributed by atoms with Gasteiger partial charge in [-0.3, -0.25) is 4.79 Å². The summed E-state index contributed by atoms with van der Waals surface area (Å²) >= 11 is 17.2. The lowest BCUT2D eigenvalue weighted by molar-refractivity contribution is -0.140. The Labute approximate surface area is 87.2 Å². The molecule has 2 nitrogen and oxygen atoms in total. The fraction of sp³-hybridized carbons (Fsp3) is 0.833. The highest BCUT2D eigenvalue weighted by atomic mass is 35.8. The third-order valence-corrected chi connectivity index (χ3v) is 5.14. The van der Waals surface area contributed by atoms with E-state index in [1.807, 2.05) is 6.92 Å². The van der Waals surface area contributed by atoms with Crippen molar-refractivity contribution < 1.29 is 9.53 Å². The highest BCUT2D eigenvalue weighted by Crippen LogP contribution is 2.37. The van der Waals surface area contributed by atoms with Crippen LogP contribution in [0.4, 0.5) is 0 Å². The van der Waals surface area contributed by atoms with Crippen LogP contribution >= 0.6 is 33.2 Å². The van der Waals surface area contributed by atoms with Crippen molar-refractivity contribution in [2.45, 2.75) is 25.3 Å². The molecule has 0 rings (SSSR count). The normalized spacial score (nSPS) is 14.1. The Balaban J connectivity index is 4.33. The van der Waals surface area contributed by atoms with Crippen LogP contribution < -0.4 is 0 Å². The maximum atomic E-state index is 11.1. The number of esters is 1. The van der Waals surface area contributed by atoms with Gasteiger partial charge in [0.05, 0.1) is 12.7 Å². The number of halogens is 3. The van der Waals surface area contributed by atoms with Gasteiger partial charge in [-0.05, 0) is 6.42 Å². The maximum Gasteiger partial charge on any atom is 0.355 e. The smallest absolute Gasteiger partial charge is 0.355 e. The first-order chi connectivity index (χ1) is 5.43. The molecule has 0 spiro atoms. The number of carbonyl (C=O) groups excluding carboxylic acids is 1. The second kappa shape index (κ2) is 5.32. The van der Waals surface area contributed by atoms with Gasteiger partial charge in [0.2, 0.25) is 0 Å². The summed E-state index contributed by atoms with van der Waals surface area (Å²) in [5.41, 5.74) is -0.530. The number of hydrogen-bond acceptors (Lipinski definition) is 2. The molecule has 0 bridgehead atoms. The molecule has 72 valence electrons. The molecule has 0 amide bonds. The third kappa shape index (κ3) is 3.98. The second-order valence-electron chi connectivity index (χ2n) is 2.41. The van der Waals surface area contributed by atoms with Gasteiger partial charge in [0.25, 0.3) is 0 Å². The van der Waals surface area contributed by atoms with E-state index in [0.717, 1.165) is 6.42 Å². The lowest BCUT2D eigenvalue weighted by Gasteiger charge is -2.18. The lowest BCUT2D eigenvalue weighted by Crippen LogP contribution is -2.28. The lowest BCUT2D eigenvalue weighted by atomic mass is 10.2. The quantitative estimate of drug-likeness (QED) is 0.435. The van der Waals surface area contributed by atoms with Crippen molar-refractivity contribution in [1.82, 2.24) is 0 Å². The largest absolute Gasteiger partial charge is 0.469 e.